The Morgan fingerprint density at radius 3 is 2.42 bits per heavy atom. The Hall–Kier alpha value is -1.67. The second-order valence-electron chi connectivity index (χ2n) is 6.15. The number of methoxy groups -OCH3 is 1. The number of nitrogens with zero attached hydrogens (tertiary/aromatic N) is 1. The lowest BCUT2D eigenvalue weighted by Gasteiger charge is -2.15. The molecule has 0 bridgehead atoms. The van der Waals surface area contributed by atoms with Crippen LogP contribution in [-0.4, -0.2) is 17.1 Å². The molecule has 0 aliphatic heterocycles. The van der Waals surface area contributed by atoms with E-state index in [9.17, 15) is 13.2 Å². The van der Waals surface area contributed by atoms with Crippen molar-refractivity contribution in [2.24, 2.45) is 0 Å². The highest BCUT2D eigenvalue weighted by Crippen LogP contribution is 2.34. The van der Waals surface area contributed by atoms with Crippen molar-refractivity contribution in [3.05, 3.63) is 40.4 Å². The van der Waals surface area contributed by atoms with Crippen LogP contribution in [0.2, 0.25) is 0 Å². The van der Waals surface area contributed by atoms with Gasteiger partial charge in [0, 0.05) is 11.1 Å². The summed E-state index contributed by atoms with van der Waals surface area (Å²) in [6, 6.07) is 3.20. The van der Waals surface area contributed by atoms with Crippen LogP contribution >= 0.6 is 23.6 Å². The van der Waals surface area contributed by atoms with E-state index in [1.165, 1.54) is 24.5 Å². The third-order valence-corrected chi connectivity index (χ3v) is 4.90. The Bertz CT molecular complexity index is 749. The molecule has 0 aliphatic rings. The average Bonchev–Trinajstić information content (AvgIpc) is 2.94. The molecule has 24 heavy (non-hydrogen) atoms. The lowest BCUT2D eigenvalue weighted by molar-refractivity contribution is -0.137. The second kappa shape index (κ2) is 6.68. The van der Waals surface area contributed by atoms with E-state index in [0.717, 1.165) is 17.0 Å². The molecule has 130 valence electrons. The van der Waals surface area contributed by atoms with E-state index >= 15 is 0 Å². The molecule has 0 saturated carbocycles. The van der Waals surface area contributed by atoms with Gasteiger partial charge in [-0.3, -0.25) is 0 Å². The Kier molecular flexibility index (Phi) is 5.19. The molecule has 2 aromatic rings. The van der Waals surface area contributed by atoms with E-state index in [-0.39, 0.29) is 21.7 Å². The third kappa shape index (κ3) is 4.24. The maximum atomic E-state index is 12.9. The maximum absolute atomic E-state index is 12.9. The fourth-order valence-electron chi connectivity index (χ4n) is 1.90. The van der Waals surface area contributed by atoms with Crippen molar-refractivity contribution in [1.29, 1.82) is 0 Å². The minimum absolute atomic E-state index is 0.0624. The van der Waals surface area contributed by atoms with E-state index in [0.29, 0.717) is 5.13 Å². The van der Waals surface area contributed by atoms with Crippen molar-refractivity contribution >= 4 is 33.7 Å². The molecule has 1 aromatic heterocycles. The summed E-state index contributed by atoms with van der Waals surface area (Å²) in [6.07, 6.45) is -2.71. The van der Waals surface area contributed by atoms with Crippen LogP contribution in [0.15, 0.2) is 24.4 Å². The molecule has 2 rings (SSSR count). The molecule has 1 aromatic carbocycles. The fourth-order valence-corrected chi connectivity index (χ4v) is 3.10. The molecular weight excluding hydrogens is 357 g/mol. The van der Waals surface area contributed by atoms with E-state index < -0.39 is 11.7 Å². The minimum Gasteiger partial charge on any atom is -0.496 e. The van der Waals surface area contributed by atoms with Gasteiger partial charge in [-0.1, -0.05) is 33.0 Å². The first-order chi connectivity index (χ1) is 11.0. The Balaban J connectivity index is 2.30. The van der Waals surface area contributed by atoms with Gasteiger partial charge >= 0.3 is 6.18 Å². The number of ether oxygens (including phenoxy) is 1. The van der Waals surface area contributed by atoms with Crippen molar-refractivity contribution < 1.29 is 17.9 Å². The van der Waals surface area contributed by atoms with Gasteiger partial charge in [0.05, 0.1) is 18.2 Å². The number of hydrogen-bond donors (Lipinski definition) is 1. The summed E-state index contributed by atoms with van der Waals surface area (Å²) in [5.41, 5.74) is -0.667. The van der Waals surface area contributed by atoms with Crippen LogP contribution in [0.4, 0.5) is 18.3 Å². The number of alkyl halides is 3. The van der Waals surface area contributed by atoms with Crippen LogP contribution in [0.1, 0.15) is 36.8 Å². The van der Waals surface area contributed by atoms with Gasteiger partial charge in [-0.25, -0.2) is 4.98 Å². The molecule has 0 spiro atoms. The van der Waals surface area contributed by atoms with Gasteiger partial charge in [0.1, 0.15) is 10.7 Å². The summed E-state index contributed by atoms with van der Waals surface area (Å²) in [6.45, 7) is 6.16. The first-order valence-corrected chi connectivity index (χ1v) is 8.27. The Labute approximate surface area is 147 Å². The predicted octanol–water partition coefficient (Wildman–Crippen LogP) is 5.26. The lowest BCUT2D eigenvalue weighted by Crippen LogP contribution is -2.14. The molecule has 0 radical (unpaired) electrons. The molecule has 0 aliphatic carbocycles. The smallest absolute Gasteiger partial charge is 0.416 e. The number of thiocarbonyl (C=S) groups is 1. The molecule has 3 nitrogen and oxygen atoms in total. The van der Waals surface area contributed by atoms with Crippen molar-refractivity contribution in [2.75, 3.05) is 12.4 Å². The Morgan fingerprint density at radius 1 is 1.25 bits per heavy atom. The van der Waals surface area contributed by atoms with Crippen LogP contribution in [0.3, 0.4) is 0 Å². The molecule has 0 saturated heterocycles. The molecule has 8 heteroatoms. The normalized spacial score (nSPS) is 12.1. The van der Waals surface area contributed by atoms with Gasteiger partial charge in [0.2, 0.25) is 0 Å². The number of aromatic nitrogens is 1. The largest absolute Gasteiger partial charge is 0.496 e. The summed E-state index contributed by atoms with van der Waals surface area (Å²) >= 11 is 6.66. The second-order valence-corrected chi connectivity index (χ2v) is 7.59. The van der Waals surface area contributed by atoms with E-state index in [4.69, 9.17) is 17.0 Å². The quantitative estimate of drug-likeness (QED) is 0.744. The highest BCUT2D eigenvalue weighted by molar-refractivity contribution is 7.81. The number of anilines is 1. The highest BCUT2D eigenvalue weighted by atomic mass is 32.1. The molecule has 0 unspecified atom stereocenters. The standard InChI is InChI=1S/C16H17F3N2OS2/c1-15(2,3)12-8-20-14(24-12)21-13(23)10-7-9(16(17,18)19)5-6-11(10)22-4/h5-8H,1-4H3,(H,20,21,23). The zero-order valence-corrected chi connectivity index (χ0v) is 15.2. The number of thiazole rings is 1. The molecule has 0 fully saturated rings. The summed E-state index contributed by atoms with van der Waals surface area (Å²) in [5.74, 6) is 0.271. The van der Waals surface area contributed by atoms with Crippen molar-refractivity contribution in [2.45, 2.75) is 32.4 Å². The van der Waals surface area contributed by atoms with E-state index in [2.05, 4.69) is 31.1 Å². The minimum atomic E-state index is -4.45. The number of rotatable bonds is 3. The maximum Gasteiger partial charge on any atom is 0.416 e. The van der Waals surface area contributed by atoms with Crippen LogP contribution in [-0.2, 0) is 11.6 Å². The van der Waals surface area contributed by atoms with Gasteiger partial charge in [-0.05, 0) is 23.6 Å². The third-order valence-electron chi connectivity index (χ3n) is 3.24. The predicted molar refractivity (Wildman–Crippen MR) is 94.1 cm³/mol. The SMILES string of the molecule is COc1ccc(C(F)(F)F)cc1C(=S)Nc1ncc(C(C)(C)C)s1. The molecule has 0 amide bonds. The van der Waals surface area contributed by atoms with E-state index in [1.807, 2.05) is 0 Å². The molecule has 1 heterocycles. The number of benzene rings is 1. The zero-order valence-electron chi connectivity index (χ0n) is 13.6. The number of halogens is 3. The number of hydrogen-bond acceptors (Lipinski definition) is 4. The van der Waals surface area contributed by atoms with Gasteiger partial charge in [0.15, 0.2) is 5.13 Å². The highest BCUT2D eigenvalue weighted by Gasteiger charge is 2.31. The van der Waals surface area contributed by atoms with Crippen molar-refractivity contribution in [1.82, 2.24) is 4.98 Å². The van der Waals surface area contributed by atoms with Gasteiger partial charge in [-0.15, -0.1) is 11.3 Å². The summed E-state index contributed by atoms with van der Waals surface area (Å²) in [4.78, 5) is 5.41. The van der Waals surface area contributed by atoms with Gasteiger partial charge in [-0.2, -0.15) is 13.2 Å². The Morgan fingerprint density at radius 2 is 1.92 bits per heavy atom. The van der Waals surface area contributed by atoms with Crippen LogP contribution in [0, 0.1) is 0 Å². The van der Waals surface area contributed by atoms with E-state index in [1.54, 1.807) is 6.20 Å². The molecular formula is C16H17F3N2OS2. The van der Waals surface area contributed by atoms with Gasteiger partial charge in [0.25, 0.3) is 0 Å². The van der Waals surface area contributed by atoms with Crippen LogP contribution in [0.5, 0.6) is 5.75 Å². The van der Waals surface area contributed by atoms with Gasteiger partial charge < -0.3 is 10.1 Å². The first kappa shape index (κ1) is 18.7. The monoisotopic (exact) mass is 374 g/mol. The summed E-state index contributed by atoms with van der Waals surface area (Å²) in [5, 5.41) is 3.43. The summed E-state index contributed by atoms with van der Waals surface area (Å²) in [7, 11) is 1.38. The zero-order chi connectivity index (χ0) is 18.1. The van der Waals surface area contributed by atoms with Crippen LogP contribution < -0.4 is 10.1 Å². The number of nitrogens with one attached hydrogen (secondary N) is 1. The van der Waals surface area contributed by atoms with Crippen molar-refractivity contribution in [3.8, 4) is 5.75 Å². The van der Waals surface area contributed by atoms with Crippen LogP contribution in [0.25, 0.3) is 0 Å². The first-order valence-electron chi connectivity index (χ1n) is 7.05. The topological polar surface area (TPSA) is 34.1 Å². The fraction of sp³-hybridized carbons (Fsp3) is 0.375. The summed E-state index contributed by atoms with van der Waals surface area (Å²) < 4.78 is 43.9. The lowest BCUT2D eigenvalue weighted by atomic mass is 9.96. The molecule has 1 N–H and O–H groups in total. The van der Waals surface area contributed by atoms with Crippen molar-refractivity contribution in [3.63, 3.8) is 0 Å². The average molecular weight is 374 g/mol. The molecule has 0 atom stereocenters.